The van der Waals surface area contributed by atoms with E-state index in [0.717, 1.165) is 13.0 Å². The number of thiazole rings is 1. The molecule has 3 heterocycles. The van der Waals surface area contributed by atoms with Gasteiger partial charge in [-0.2, -0.15) is 0 Å². The largest absolute Gasteiger partial charge is 0.382 e. The normalized spacial score (nSPS) is 25.3. The molecule has 4 N–H and O–H groups in total. The van der Waals surface area contributed by atoms with Crippen LogP contribution in [0.25, 0.3) is 0 Å². The number of hydrogen-bond acceptors (Lipinski definition) is 6. The zero-order chi connectivity index (χ0) is 15.0. The Kier molecular flexibility index (Phi) is 4.03. The summed E-state index contributed by atoms with van der Waals surface area (Å²) in [6.45, 7) is 6.32. The first-order valence-corrected chi connectivity index (χ1v) is 8.44. The average molecular weight is 309 g/mol. The third kappa shape index (κ3) is 2.98. The van der Waals surface area contributed by atoms with Crippen molar-refractivity contribution in [3.8, 4) is 0 Å². The quantitative estimate of drug-likeness (QED) is 0.785. The Hall–Kier alpha value is -1.34. The van der Waals surface area contributed by atoms with E-state index in [0.29, 0.717) is 21.9 Å². The molecule has 2 aliphatic rings. The second-order valence-corrected chi connectivity index (χ2v) is 7.15. The number of amides is 1. The molecule has 116 valence electrons. The minimum Gasteiger partial charge on any atom is -0.382 e. The number of fused-ring (bicyclic) bond motifs is 1. The second kappa shape index (κ2) is 5.81. The molecule has 2 atom stereocenters. The van der Waals surface area contributed by atoms with Crippen LogP contribution >= 0.6 is 11.3 Å². The van der Waals surface area contributed by atoms with Crippen molar-refractivity contribution >= 4 is 28.2 Å². The van der Waals surface area contributed by atoms with Crippen molar-refractivity contribution in [3.63, 3.8) is 0 Å². The van der Waals surface area contributed by atoms with Crippen LogP contribution in [0.1, 0.15) is 42.8 Å². The van der Waals surface area contributed by atoms with Gasteiger partial charge in [-0.3, -0.25) is 9.69 Å². The maximum absolute atomic E-state index is 12.4. The highest BCUT2D eigenvalue weighted by molar-refractivity contribution is 7.18. The van der Waals surface area contributed by atoms with Crippen LogP contribution in [0.4, 0.5) is 10.9 Å². The summed E-state index contributed by atoms with van der Waals surface area (Å²) >= 11 is 1.33. The van der Waals surface area contributed by atoms with Crippen molar-refractivity contribution in [2.75, 3.05) is 24.1 Å². The number of rotatable bonds is 4. The van der Waals surface area contributed by atoms with Gasteiger partial charge in [-0.1, -0.05) is 11.3 Å². The highest BCUT2D eigenvalue weighted by Crippen LogP contribution is 2.30. The summed E-state index contributed by atoms with van der Waals surface area (Å²) < 4.78 is 0. The minimum absolute atomic E-state index is 0.0828. The molecule has 1 amide bonds. The SMILES string of the molecule is CC(C)Nc1nc(N)c(C(=O)NC2CCN3CCCC23)s1. The van der Waals surface area contributed by atoms with Crippen LogP contribution in [0.2, 0.25) is 0 Å². The molecule has 3 rings (SSSR count). The fraction of sp³-hybridized carbons (Fsp3) is 0.714. The highest BCUT2D eigenvalue weighted by Gasteiger charge is 2.38. The van der Waals surface area contributed by atoms with E-state index in [-0.39, 0.29) is 18.0 Å². The number of carbonyl (C=O) groups excluding carboxylic acids is 1. The van der Waals surface area contributed by atoms with E-state index in [1.54, 1.807) is 0 Å². The molecule has 2 saturated heterocycles. The summed E-state index contributed by atoms with van der Waals surface area (Å²) in [4.78, 5) is 19.7. The number of nitrogens with one attached hydrogen (secondary N) is 2. The maximum atomic E-state index is 12.4. The number of nitrogen functional groups attached to an aromatic ring is 1. The Balaban J connectivity index is 1.66. The molecule has 0 radical (unpaired) electrons. The number of nitrogens with two attached hydrogens (primary N) is 1. The van der Waals surface area contributed by atoms with Crippen LogP contribution < -0.4 is 16.4 Å². The fourth-order valence-corrected chi connectivity index (χ4v) is 4.22. The van der Waals surface area contributed by atoms with Crippen molar-refractivity contribution in [2.24, 2.45) is 0 Å². The average Bonchev–Trinajstić information content (AvgIpc) is 3.06. The molecule has 2 fully saturated rings. The van der Waals surface area contributed by atoms with Gasteiger partial charge >= 0.3 is 0 Å². The van der Waals surface area contributed by atoms with Crippen molar-refractivity contribution in [1.82, 2.24) is 15.2 Å². The molecule has 6 nitrogen and oxygen atoms in total. The molecule has 0 spiro atoms. The summed E-state index contributed by atoms with van der Waals surface area (Å²) in [6.07, 6.45) is 3.46. The lowest BCUT2D eigenvalue weighted by Gasteiger charge is -2.20. The van der Waals surface area contributed by atoms with Crippen molar-refractivity contribution < 1.29 is 4.79 Å². The van der Waals surface area contributed by atoms with Gasteiger partial charge in [0.15, 0.2) is 5.13 Å². The smallest absolute Gasteiger partial charge is 0.265 e. The predicted molar refractivity (Wildman–Crippen MR) is 85.8 cm³/mol. The van der Waals surface area contributed by atoms with Crippen LogP contribution in [0.3, 0.4) is 0 Å². The van der Waals surface area contributed by atoms with Gasteiger partial charge in [0.25, 0.3) is 5.91 Å². The van der Waals surface area contributed by atoms with Crippen LogP contribution in [-0.4, -0.2) is 47.0 Å². The first kappa shape index (κ1) is 14.6. The van der Waals surface area contributed by atoms with Gasteiger partial charge in [-0.15, -0.1) is 0 Å². The Morgan fingerprint density at radius 3 is 3.00 bits per heavy atom. The van der Waals surface area contributed by atoms with E-state index in [2.05, 4.69) is 20.5 Å². The van der Waals surface area contributed by atoms with Crippen LogP contribution in [0.15, 0.2) is 0 Å². The summed E-state index contributed by atoms with van der Waals surface area (Å²) in [7, 11) is 0. The maximum Gasteiger partial charge on any atom is 0.265 e. The highest BCUT2D eigenvalue weighted by atomic mass is 32.1. The number of anilines is 2. The minimum atomic E-state index is -0.0828. The molecule has 0 aromatic carbocycles. The molecule has 2 aliphatic heterocycles. The van der Waals surface area contributed by atoms with Gasteiger partial charge in [-0.25, -0.2) is 4.98 Å². The lowest BCUT2D eigenvalue weighted by atomic mass is 10.1. The molecular weight excluding hydrogens is 286 g/mol. The summed E-state index contributed by atoms with van der Waals surface area (Å²) in [5.74, 6) is 0.238. The molecule has 1 aromatic rings. The number of nitrogens with zero attached hydrogens (tertiary/aromatic N) is 2. The van der Waals surface area contributed by atoms with Gasteiger partial charge in [-0.05, 0) is 39.7 Å². The first-order chi connectivity index (χ1) is 10.0. The van der Waals surface area contributed by atoms with Crippen LogP contribution in [0.5, 0.6) is 0 Å². The lowest BCUT2D eigenvalue weighted by molar-refractivity contribution is 0.0934. The van der Waals surface area contributed by atoms with Crippen molar-refractivity contribution in [3.05, 3.63) is 4.88 Å². The fourth-order valence-electron chi connectivity index (χ4n) is 3.29. The van der Waals surface area contributed by atoms with E-state index in [9.17, 15) is 4.79 Å². The summed E-state index contributed by atoms with van der Waals surface area (Å²) in [5.41, 5.74) is 5.89. The molecular formula is C14H23N5OS. The summed E-state index contributed by atoms with van der Waals surface area (Å²) in [6, 6.07) is 1.03. The van der Waals surface area contributed by atoms with Gasteiger partial charge in [0.2, 0.25) is 0 Å². The number of carbonyl (C=O) groups is 1. The van der Waals surface area contributed by atoms with Gasteiger partial charge in [0.1, 0.15) is 10.7 Å². The predicted octanol–water partition coefficient (Wildman–Crippen LogP) is 1.51. The Labute approximate surface area is 129 Å². The summed E-state index contributed by atoms with van der Waals surface area (Å²) in [5, 5.41) is 7.06. The Morgan fingerprint density at radius 2 is 2.24 bits per heavy atom. The number of hydrogen-bond donors (Lipinski definition) is 3. The molecule has 0 bridgehead atoms. The third-order valence-corrected chi connectivity index (χ3v) is 5.20. The third-order valence-electron chi connectivity index (χ3n) is 4.19. The zero-order valence-electron chi connectivity index (χ0n) is 12.6. The van der Waals surface area contributed by atoms with E-state index >= 15 is 0 Å². The van der Waals surface area contributed by atoms with Crippen molar-refractivity contribution in [2.45, 2.75) is 51.2 Å². The zero-order valence-corrected chi connectivity index (χ0v) is 13.4. The second-order valence-electron chi connectivity index (χ2n) is 6.15. The van der Waals surface area contributed by atoms with E-state index in [1.165, 1.54) is 30.7 Å². The van der Waals surface area contributed by atoms with E-state index < -0.39 is 0 Å². The molecule has 0 saturated carbocycles. The van der Waals surface area contributed by atoms with Crippen LogP contribution in [-0.2, 0) is 0 Å². The first-order valence-electron chi connectivity index (χ1n) is 7.62. The van der Waals surface area contributed by atoms with Crippen molar-refractivity contribution in [1.29, 1.82) is 0 Å². The van der Waals surface area contributed by atoms with E-state index in [4.69, 9.17) is 5.73 Å². The molecule has 1 aromatic heterocycles. The topological polar surface area (TPSA) is 83.3 Å². The monoisotopic (exact) mass is 309 g/mol. The van der Waals surface area contributed by atoms with Crippen LogP contribution in [0, 0.1) is 0 Å². The van der Waals surface area contributed by atoms with Gasteiger partial charge < -0.3 is 16.4 Å². The Morgan fingerprint density at radius 1 is 1.43 bits per heavy atom. The standard InChI is InChI=1S/C14H23N5OS/c1-8(2)16-14-18-12(15)11(21-14)13(20)17-9-5-7-19-6-3-4-10(9)19/h8-10H,3-7,15H2,1-2H3,(H,16,18)(H,17,20). The van der Waals surface area contributed by atoms with E-state index in [1.807, 2.05) is 13.8 Å². The lowest BCUT2D eigenvalue weighted by Crippen LogP contribution is -2.42. The van der Waals surface area contributed by atoms with Gasteiger partial charge in [0, 0.05) is 24.7 Å². The van der Waals surface area contributed by atoms with Gasteiger partial charge in [0.05, 0.1) is 0 Å². The molecule has 0 aliphatic carbocycles. The molecule has 7 heteroatoms. The number of aromatic nitrogens is 1. The Bertz CT molecular complexity index is 529. The molecule has 21 heavy (non-hydrogen) atoms. The molecule has 2 unspecified atom stereocenters.